The van der Waals surface area contributed by atoms with Crippen molar-refractivity contribution < 1.29 is 9.47 Å². The highest BCUT2D eigenvalue weighted by atomic mass is 16.5. The smallest absolute Gasteiger partial charge is 0.165 e. The predicted molar refractivity (Wildman–Crippen MR) is 96.3 cm³/mol. The molecule has 2 aliphatic rings. The Bertz CT molecular complexity index is 765. The van der Waals surface area contributed by atoms with Crippen LogP contribution in [0.3, 0.4) is 0 Å². The molecule has 4 rings (SSSR count). The van der Waals surface area contributed by atoms with Crippen molar-refractivity contribution in [2.24, 2.45) is 10.9 Å². The Morgan fingerprint density at radius 1 is 1.25 bits per heavy atom. The van der Waals surface area contributed by atoms with Gasteiger partial charge in [-0.1, -0.05) is 44.2 Å². The molecule has 1 atom stereocenters. The van der Waals surface area contributed by atoms with E-state index in [2.05, 4.69) is 38.3 Å². The highest BCUT2D eigenvalue weighted by Crippen LogP contribution is 2.41. The van der Waals surface area contributed by atoms with E-state index in [1.165, 1.54) is 22.3 Å². The average molecular weight is 321 g/mol. The third-order valence-corrected chi connectivity index (χ3v) is 4.90. The van der Waals surface area contributed by atoms with Crippen LogP contribution in [0.5, 0.6) is 11.5 Å². The number of fused-ring (bicyclic) bond motifs is 3. The van der Waals surface area contributed by atoms with Gasteiger partial charge in [-0.3, -0.25) is 4.99 Å². The van der Waals surface area contributed by atoms with Crippen molar-refractivity contribution in [1.29, 1.82) is 0 Å². The maximum absolute atomic E-state index is 6.13. The van der Waals surface area contributed by atoms with E-state index in [0.717, 1.165) is 30.9 Å². The van der Waals surface area contributed by atoms with Crippen molar-refractivity contribution in [1.82, 2.24) is 0 Å². The summed E-state index contributed by atoms with van der Waals surface area (Å²) in [6.45, 7) is 5.76. The van der Waals surface area contributed by atoms with Crippen molar-refractivity contribution in [3.8, 4) is 11.5 Å². The van der Waals surface area contributed by atoms with Crippen LogP contribution < -0.4 is 9.47 Å². The fraction of sp³-hybridized carbons (Fsp3) is 0.381. The van der Waals surface area contributed by atoms with E-state index in [-0.39, 0.29) is 0 Å². The van der Waals surface area contributed by atoms with Gasteiger partial charge in [-0.15, -0.1) is 0 Å². The summed E-state index contributed by atoms with van der Waals surface area (Å²) in [6.07, 6.45) is 3.98. The van der Waals surface area contributed by atoms with E-state index in [1.54, 1.807) is 0 Å². The van der Waals surface area contributed by atoms with Crippen molar-refractivity contribution in [2.75, 3.05) is 6.61 Å². The van der Waals surface area contributed by atoms with E-state index in [4.69, 9.17) is 14.5 Å². The van der Waals surface area contributed by atoms with Gasteiger partial charge in [-0.2, -0.15) is 0 Å². The summed E-state index contributed by atoms with van der Waals surface area (Å²) in [5.41, 5.74) is 5.03. The first-order valence-electron chi connectivity index (χ1n) is 8.74. The number of hydrogen-bond acceptors (Lipinski definition) is 3. The number of aliphatic imine (C=N–C) groups is 1. The van der Waals surface area contributed by atoms with Gasteiger partial charge in [0.2, 0.25) is 0 Å². The molecule has 2 heterocycles. The average Bonchev–Trinajstić information content (AvgIpc) is 3.10. The van der Waals surface area contributed by atoms with Crippen LogP contribution in [0.15, 0.2) is 41.4 Å². The molecule has 0 fully saturated rings. The zero-order valence-corrected chi connectivity index (χ0v) is 14.3. The normalized spacial score (nSPS) is 18.2. The van der Waals surface area contributed by atoms with Crippen molar-refractivity contribution >= 4 is 6.21 Å². The molecule has 2 aliphatic heterocycles. The van der Waals surface area contributed by atoms with Crippen LogP contribution in [0.25, 0.3) is 0 Å². The van der Waals surface area contributed by atoms with Gasteiger partial charge in [-0.25, -0.2) is 0 Å². The monoisotopic (exact) mass is 321 g/mol. The molecule has 0 bridgehead atoms. The molecule has 0 N–H and O–H groups in total. The molecule has 0 aromatic heterocycles. The highest BCUT2D eigenvalue weighted by Gasteiger charge is 2.27. The summed E-state index contributed by atoms with van der Waals surface area (Å²) >= 11 is 0. The molecule has 0 spiro atoms. The fourth-order valence-corrected chi connectivity index (χ4v) is 3.46. The first-order valence-corrected chi connectivity index (χ1v) is 8.74. The van der Waals surface area contributed by atoms with E-state index in [0.29, 0.717) is 18.6 Å². The first kappa shape index (κ1) is 15.3. The highest BCUT2D eigenvalue weighted by molar-refractivity contribution is 5.87. The van der Waals surface area contributed by atoms with Gasteiger partial charge >= 0.3 is 0 Å². The van der Waals surface area contributed by atoms with Crippen LogP contribution in [0.2, 0.25) is 0 Å². The third kappa shape index (κ3) is 2.79. The molecule has 2 aromatic carbocycles. The van der Waals surface area contributed by atoms with Crippen molar-refractivity contribution in [2.45, 2.75) is 39.3 Å². The molecular weight excluding hydrogens is 298 g/mol. The lowest BCUT2D eigenvalue weighted by molar-refractivity contribution is 0.276. The van der Waals surface area contributed by atoms with Gasteiger partial charge < -0.3 is 9.47 Å². The minimum absolute atomic E-state index is 0.361. The lowest BCUT2D eigenvalue weighted by Gasteiger charge is -2.24. The number of ether oxygens (including phenoxy) is 2. The molecule has 3 nitrogen and oxygen atoms in total. The quantitative estimate of drug-likeness (QED) is 0.845. The van der Waals surface area contributed by atoms with Crippen molar-refractivity contribution in [3.05, 3.63) is 58.7 Å². The molecule has 0 aliphatic carbocycles. The summed E-state index contributed by atoms with van der Waals surface area (Å²) in [5.74, 6) is 2.34. The Labute approximate surface area is 143 Å². The van der Waals surface area contributed by atoms with Gasteiger partial charge in [0.05, 0.1) is 12.6 Å². The summed E-state index contributed by atoms with van der Waals surface area (Å²) < 4.78 is 12.0. The van der Waals surface area contributed by atoms with Crippen LogP contribution in [0.4, 0.5) is 0 Å². The van der Waals surface area contributed by atoms with E-state index < -0.39 is 0 Å². The molecule has 0 radical (unpaired) electrons. The topological polar surface area (TPSA) is 30.8 Å². The third-order valence-electron chi connectivity index (χ3n) is 4.90. The van der Waals surface area contributed by atoms with Gasteiger partial charge in [0.1, 0.15) is 6.61 Å². The Kier molecular flexibility index (Phi) is 4.01. The Morgan fingerprint density at radius 2 is 2.08 bits per heavy atom. The molecular formula is C21H23NO2. The Morgan fingerprint density at radius 3 is 2.88 bits per heavy atom. The van der Waals surface area contributed by atoms with Crippen LogP contribution in [-0.4, -0.2) is 18.9 Å². The molecule has 124 valence electrons. The lowest BCUT2D eigenvalue weighted by atomic mass is 9.88. The number of hydrogen-bond donors (Lipinski definition) is 0. The van der Waals surface area contributed by atoms with Crippen LogP contribution in [-0.2, 0) is 19.4 Å². The van der Waals surface area contributed by atoms with Crippen LogP contribution >= 0.6 is 0 Å². The number of nitrogens with zero attached hydrogens (tertiary/aromatic N) is 1. The molecule has 0 saturated heterocycles. The van der Waals surface area contributed by atoms with Crippen LogP contribution in [0.1, 0.15) is 36.1 Å². The predicted octanol–water partition coefficient (Wildman–Crippen LogP) is 4.20. The Balaban J connectivity index is 1.65. The van der Waals surface area contributed by atoms with E-state index in [1.807, 2.05) is 18.2 Å². The minimum Gasteiger partial charge on any atom is -0.489 e. The maximum atomic E-state index is 6.13. The second-order valence-corrected chi connectivity index (χ2v) is 6.92. The standard InChI is InChI=1S/C21H23NO2/c1-14(2)19-10-16-11-20(24-13-15-6-4-3-5-7-15)21-17(8-9-23-21)18(16)12-22-19/h3-7,11-12,14,19H,8-10,13H2,1-2H3. The molecule has 3 heteroatoms. The second-order valence-electron chi connectivity index (χ2n) is 6.92. The zero-order valence-electron chi connectivity index (χ0n) is 14.3. The fourth-order valence-electron chi connectivity index (χ4n) is 3.46. The molecule has 0 saturated carbocycles. The molecule has 1 unspecified atom stereocenters. The van der Waals surface area contributed by atoms with Gasteiger partial charge in [0.25, 0.3) is 0 Å². The van der Waals surface area contributed by atoms with Gasteiger partial charge in [0, 0.05) is 23.8 Å². The maximum Gasteiger partial charge on any atom is 0.165 e. The number of rotatable bonds is 4. The molecule has 0 amide bonds. The van der Waals surface area contributed by atoms with Gasteiger partial charge in [0.15, 0.2) is 11.5 Å². The molecule has 24 heavy (non-hydrogen) atoms. The molecule has 2 aromatic rings. The largest absolute Gasteiger partial charge is 0.489 e. The SMILES string of the molecule is CC(C)C1Cc2cc(OCc3ccccc3)c3c(c2C=N1)CCO3. The Hall–Kier alpha value is -2.29. The zero-order chi connectivity index (χ0) is 16.5. The van der Waals surface area contributed by atoms with Crippen molar-refractivity contribution in [3.63, 3.8) is 0 Å². The second kappa shape index (κ2) is 6.31. The van der Waals surface area contributed by atoms with E-state index >= 15 is 0 Å². The lowest BCUT2D eigenvalue weighted by Crippen LogP contribution is -2.21. The minimum atomic E-state index is 0.361. The van der Waals surface area contributed by atoms with E-state index in [9.17, 15) is 0 Å². The summed E-state index contributed by atoms with van der Waals surface area (Å²) in [4.78, 5) is 4.75. The summed E-state index contributed by atoms with van der Waals surface area (Å²) in [6, 6.07) is 12.8. The summed E-state index contributed by atoms with van der Waals surface area (Å²) in [5, 5.41) is 0. The summed E-state index contributed by atoms with van der Waals surface area (Å²) in [7, 11) is 0. The van der Waals surface area contributed by atoms with Crippen LogP contribution in [0, 0.1) is 5.92 Å². The number of benzene rings is 2. The van der Waals surface area contributed by atoms with Gasteiger partial charge in [-0.05, 0) is 29.5 Å². The first-order chi connectivity index (χ1) is 11.7.